The number of furan rings is 1. The first-order valence-electron chi connectivity index (χ1n) is 6.60. The van der Waals surface area contributed by atoms with E-state index in [-0.39, 0.29) is 0 Å². The zero-order chi connectivity index (χ0) is 14.2. The molecule has 1 N–H and O–H groups in total. The van der Waals surface area contributed by atoms with E-state index >= 15 is 0 Å². The molecule has 4 heteroatoms. The Bertz CT molecular complexity index is 909. The van der Waals surface area contributed by atoms with Gasteiger partial charge in [-0.15, -0.1) is 0 Å². The number of aromatic nitrogens is 2. The maximum Gasteiger partial charge on any atom is 0.174 e. The number of H-pyrrole nitrogens is 1. The van der Waals surface area contributed by atoms with Gasteiger partial charge in [0.15, 0.2) is 11.6 Å². The highest BCUT2D eigenvalue weighted by Gasteiger charge is 2.11. The van der Waals surface area contributed by atoms with Crippen LogP contribution in [0.1, 0.15) is 0 Å². The lowest BCUT2D eigenvalue weighted by Crippen LogP contribution is -1.75. The third kappa shape index (κ3) is 2.22. The van der Waals surface area contributed by atoms with Gasteiger partial charge in [-0.25, -0.2) is 4.98 Å². The van der Waals surface area contributed by atoms with E-state index in [1.807, 2.05) is 60.7 Å². The van der Waals surface area contributed by atoms with Crippen LogP contribution >= 0.6 is 11.6 Å². The summed E-state index contributed by atoms with van der Waals surface area (Å²) in [4.78, 5) is 7.75. The Morgan fingerprint density at radius 1 is 0.905 bits per heavy atom. The van der Waals surface area contributed by atoms with E-state index in [4.69, 9.17) is 16.0 Å². The first kappa shape index (κ1) is 12.2. The van der Waals surface area contributed by atoms with Crippen molar-refractivity contribution in [1.29, 1.82) is 0 Å². The predicted octanol–water partition coefficient (Wildman–Crippen LogP) is 5.14. The van der Waals surface area contributed by atoms with Crippen molar-refractivity contribution in [3.8, 4) is 22.9 Å². The molecule has 2 heterocycles. The third-order valence-corrected chi connectivity index (χ3v) is 3.58. The summed E-state index contributed by atoms with van der Waals surface area (Å²) in [7, 11) is 0. The molecular formula is C17H11ClN2O. The number of imidazole rings is 1. The van der Waals surface area contributed by atoms with Crippen molar-refractivity contribution in [2.75, 3.05) is 0 Å². The molecule has 102 valence electrons. The molecule has 0 unspecified atom stereocenters. The van der Waals surface area contributed by atoms with Crippen LogP contribution in [-0.4, -0.2) is 9.97 Å². The number of benzene rings is 2. The molecule has 0 spiro atoms. The summed E-state index contributed by atoms with van der Waals surface area (Å²) in [6.45, 7) is 0. The molecule has 0 saturated carbocycles. The smallest absolute Gasteiger partial charge is 0.174 e. The molecular weight excluding hydrogens is 284 g/mol. The number of nitrogens with zero attached hydrogens (tertiary/aromatic N) is 1. The maximum absolute atomic E-state index is 5.99. The molecule has 2 aromatic heterocycles. The fourth-order valence-corrected chi connectivity index (χ4v) is 2.49. The highest BCUT2D eigenvalue weighted by molar-refractivity contribution is 6.31. The molecule has 0 radical (unpaired) electrons. The Hall–Kier alpha value is -2.52. The molecule has 0 amide bonds. The molecule has 2 aromatic carbocycles. The van der Waals surface area contributed by atoms with E-state index in [9.17, 15) is 0 Å². The summed E-state index contributed by atoms with van der Waals surface area (Å²) in [5, 5.41) is 0.683. The number of hydrogen-bond donors (Lipinski definition) is 1. The van der Waals surface area contributed by atoms with Gasteiger partial charge in [0, 0.05) is 10.6 Å². The van der Waals surface area contributed by atoms with Crippen LogP contribution in [0.4, 0.5) is 0 Å². The first-order chi connectivity index (χ1) is 10.3. The molecule has 0 aliphatic rings. The molecule has 4 aromatic rings. The number of fused-ring (bicyclic) bond motifs is 1. The van der Waals surface area contributed by atoms with Gasteiger partial charge >= 0.3 is 0 Å². The van der Waals surface area contributed by atoms with Crippen molar-refractivity contribution >= 4 is 22.6 Å². The number of halogens is 1. The van der Waals surface area contributed by atoms with Crippen LogP contribution in [0, 0.1) is 0 Å². The number of rotatable bonds is 2. The van der Waals surface area contributed by atoms with Gasteiger partial charge in [-0.2, -0.15) is 0 Å². The summed E-state index contributed by atoms with van der Waals surface area (Å²) in [6.07, 6.45) is 0. The van der Waals surface area contributed by atoms with Gasteiger partial charge in [0.05, 0.1) is 11.0 Å². The lowest BCUT2D eigenvalue weighted by atomic mass is 10.2. The van der Waals surface area contributed by atoms with E-state index < -0.39 is 0 Å². The van der Waals surface area contributed by atoms with E-state index in [0.717, 1.165) is 22.4 Å². The minimum Gasteiger partial charge on any atom is -0.453 e. The summed E-state index contributed by atoms with van der Waals surface area (Å²) >= 11 is 5.99. The zero-order valence-corrected chi connectivity index (χ0v) is 11.8. The van der Waals surface area contributed by atoms with Crippen molar-refractivity contribution < 1.29 is 4.42 Å². The molecule has 0 aliphatic carbocycles. The number of aromatic amines is 1. The molecule has 21 heavy (non-hydrogen) atoms. The van der Waals surface area contributed by atoms with Crippen molar-refractivity contribution in [3.63, 3.8) is 0 Å². The fourth-order valence-electron chi connectivity index (χ4n) is 2.32. The van der Waals surface area contributed by atoms with Gasteiger partial charge < -0.3 is 9.40 Å². The van der Waals surface area contributed by atoms with E-state index in [1.54, 1.807) is 0 Å². The highest BCUT2D eigenvalue weighted by Crippen LogP contribution is 2.28. The van der Waals surface area contributed by atoms with Gasteiger partial charge in [0.2, 0.25) is 0 Å². The summed E-state index contributed by atoms with van der Waals surface area (Å²) in [6, 6.07) is 19.4. The van der Waals surface area contributed by atoms with Gasteiger partial charge in [0.25, 0.3) is 0 Å². The minimum absolute atomic E-state index is 0.683. The summed E-state index contributed by atoms with van der Waals surface area (Å²) in [5.74, 6) is 2.24. The summed E-state index contributed by atoms with van der Waals surface area (Å²) in [5.41, 5.74) is 2.81. The standard InChI is InChI=1S/C17H11ClN2O/c18-12-6-7-13-14(10-12)20-17(19-13)16-9-8-15(21-16)11-4-2-1-3-5-11/h1-10H,(H,19,20). The SMILES string of the molecule is Clc1ccc2nc(-c3ccc(-c4ccccc4)o3)[nH]c2c1. The second-order valence-electron chi connectivity index (χ2n) is 4.78. The van der Waals surface area contributed by atoms with E-state index in [1.165, 1.54) is 0 Å². The van der Waals surface area contributed by atoms with Crippen LogP contribution in [0.15, 0.2) is 65.1 Å². The Labute approximate surface area is 126 Å². The van der Waals surface area contributed by atoms with Crippen LogP contribution in [0.25, 0.3) is 33.9 Å². The Balaban J connectivity index is 1.77. The number of hydrogen-bond acceptors (Lipinski definition) is 2. The Morgan fingerprint density at radius 2 is 1.71 bits per heavy atom. The third-order valence-electron chi connectivity index (χ3n) is 3.34. The fraction of sp³-hybridized carbons (Fsp3) is 0. The molecule has 0 aliphatic heterocycles. The molecule has 0 fully saturated rings. The van der Waals surface area contributed by atoms with E-state index in [0.29, 0.717) is 16.6 Å². The van der Waals surface area contributed by atoms with Crippen LogP contribution < -0.4 is 0 Å². The molecule has 0 bridgehead atoms. The van der Waals surface area contributed by atoms with Gasteiger partial charge in [-0.05, 0) is 30.3 Å². The van der Waals surface area contributed by atoms with Crippen molar-refractivity contribution in [2.45, 2.75) is 0 Å². The molecule has 4 rings (SSSR count). The van der Waals surface area contributed by atoms with Crippen LogP contribution in [0.5, 0.6) is 0 Å². The predicted molar refractivity (Wildman–Crippen MR) is 84.2 cm³/mol. The Morgan fingerprint density at radius 3 is 2.57 bits per heavy atom. The van der Waals surface area contributed by atoms with Crippen molar-refractivity contribution in [1.82, 2.24) is 9.97 Å². The van der Waals surface area contributed by atoms with Gasteiger partial charge in [-0.3, -0.25) is 0 Å². The minimum atomic E-state index is 0.683. The molecule has 0 atom stereocenters. The van der Waals surface area contributed by atoms with Crippen molar-refractivity contribution in [2.24, 2.45) is 0 Å². The first-order valence-corrected chi connectivity index (χ1v) is 6.98. The average molecular weight is 295 g/mol. The Kier molecular flexibility index (Phi) is 2.79. The second kappa shape index (κ2) is 4.79. The summed E-state index contributed by atoms with van der Waals surface area (Å²) < 4.78 is 5.89. The molecule has 0 saturated heterocycles. The lowest BCUT2D eigenvalue weighted by molar-refractivity contribution is 0.593. The molecule has 3 nitrogen and oxygen atoms in total. The highest BCUT2D eigenvalue weighted by atomic mass is 35.5. The van der Waals surface area contributed by atoms with Gasteiger partial charge in [0.1, 0.15) is 5.76 Å². The lowest BCUT2D eigenvalue weighted by Gasteiger charge is -1.95. The largest absolute Gasteiger partial charge is 0.453 e. The topological polar surface area (TPSA) is 41.8 Å². The van der Waals surface area contributed by atoms with Crippen LogP contribution in [0.3, 0.4) is 0 Å². The van der Waals surface area contributed by atoms with E-state index in [2.05, 4.69) is 9.97 Å². The van der Waals surface area contributed by atoms with Crippen LogP contribution in [-0.2, 0) is 0 Å². The maximum atomic E-state index is 5.99. The zero-order valence-electron chi connectivity index (χ0n) is 11.0. The second-order valence-corrected chi connectivity index (χ2v) is 5.21. The van der Waals surface area contributed by atoms with Gasteiger partial charge in [-0.1, -0.05) is 41.9 Å². The van der Waals surface area contributed by atoms with Crippen LogP contribution in [0.2, 0.25) is 5.02 Å². The monoisotopic (exact) mass is 294 g/mol. The average Bonchev–Trinajstić information content (AvgIpc) is 3.14. The normalized spacial score (nSPS) is 11.1. The quantitative estimate of drug-likeness (QED) is 0.556. The van der Waals surface area contributed by atoms with Crippen molar-refractivity contribution in [3.05, 3.63) is 65.7 Å². The number of nitrogens with one attached hydrogen (secondary N) is 1.